The Bertz CT molecular complexity index is 811. The number of halogens is 1. The van der Waals surface area contributed by atoms with Gasteiger partial charge in [0.05, 0.1) is 24.7 Å². The number of carbonyl (C=O) groups excluding carboxylic acids is 1. The van der Waals surface area contributed by atoms with Crippen molar-refractivity contribution in [2.24, 2.45) is 5.92 Å². The fourth-order valence-electron chi connectivity index (χ4n) is 3.03. The fraction of sp³-hybridized carbons (Fsp3) is 0.350. The van der Waals surface area contributed by atoms with Crippen molar-refractivity contribution in [3.8, 4) is 11.9 Å². The Morgan fingerprint density at radius 2 is 2.08 bits per heavy atom. The van der Waals surface area contributed by atoms with Crippen molar-refractivity contribution >= 4 is 21.8 Å². The Morgan fingerprint density at radius 3 is 2.81 bits per heavy atom. The highest BCUT2D eigenvalue weighted by molar-refractivity contribution is 9.10. The maximum atomic E-state index is 12.5. The van der Waals surface area contributed by atoms with Gasteiger partial charge in [0.2, 0.25) is 11.8 Å². The van der Waals surface area contributed by atoms with E-state index in [1.165, 1.54) is 0 Å². The Kier molecular flexibility index (Phi) is 6.24. The van der Waals surface area contributed by atoms with Crippen molar-refractivity contribution < 1.29 is 9.53 Å². The summed E-state index contributed by atoms with van der Waals surface area (Å²) in [7, 11) is 0. The predicted molar refractivity (Wildman–Crippen MR) is 102 cm³/mol. The van der Waals surface area contributed by atoms with E-state index in [2.05, 4.69) is 27.0 Å². The van der Waals surface area contributed by atoms with Crippen LogP contribution in [0.25, 0.3) is 0 Å². The van der Waals surface area contributed by atoms with E-state index >= 15 is 0 Å². The van der Waals surface area contributed by atoms with Gasteiger partial charge in [0.1, 0.15) is 0 Å². The molecule has 2 heterocycles. The van der Waals surface area contributed by atoms with Gasteiger partial charge in [-0.25, -0.2) is 4.98 Å². The van der Waals surface area contributed by atoms with Gasteiger partial charge in [-0.1, -0.05) is 34.1 Å². The summed E-state index contributed by atoms with van der Waals surface area (Å²) >= 11 is 3.50. The molecule has 1 aromatic carbocycles. The number of nitriles is 1. The first-order valence-corrected chi connectivity index (χ1v) is 9.45. The number of nitrogens with zero attached hydrogens (tertiary/aromatic N) is 3. The number of amides is 1. The van der Waals surface area contributed by atoms with Crippen LogP contribution in [0.4, 0.5) is 0 Å². The van der Waals surface area contributed by atoms with Gasteiger partial charge in [-0.15, -0.1) is 0 Å². The number of carbonyl (C=O) groups is 1. The minimum atomic E-state index is 0.166. The zero-order valence-corrected chi connectivity index (χ0v) is 16.0. The van der Waals surface area contributed by atoms with Gasteiger partial charge in [-0.2, -0.15) is 5.26 Å². The van der Waals surface area contributed by atoms with Crippen LogP contribution in [-0.2, 0) is 11.2 Å². The van der Waals surface area contributed by atoms with Crippen molar-refractivity contribution in [1.29, 1.82) is 5.26 Å². The van der Waals surface area contributed by atoms with Crippen LogP contribution in [-0.4, -0.2) is 35.5 Å². The summed E-state index contributed by atoms with van der Waals surface area (Å²) in [5, 5.41) is 8.91. The number of ether oxygens (including phenoxy) is 1. The summed E-state index contributed by atoms with van der Waals surface area (Å²) in [4.78, 5) is 18.6. The fourth-order valence-corrected chi connectivity index (χ4v) is 3.45. The van der Waals surface area contributed by atoms with E-state index < -0.39 is 0 Å². The number of hydrogen-bond acceptors (Lipinski definition) is 4. The molecule has 6 heteroatoms. The Hall–Kier alpha value is -2.39. The molecule has 1 fully saturated rings. The summed E-state index contributed by atoms with van der Waals surface area (Å²) in [5.41, 5.74) is 1.56. The Labute approximate surface area is 161 Å². The molecule has 0 N–H and O–H groups in total. The molecule has 1 aromatic heterocycles. The molecule has 3 rings (SSSR count). The summed E-state index contributed by atoms with van der Waals surface area (Å²) in [5.74, 6) is 1.05. The van der Waals surface area contributed by atoms with E-state index in [4.69, 9.17) is 10.00 Å². The van der Waals surface area contributed by atoms with E-state index in [0.29, 0.717) is 30.4 Å². The minimum Gasteiger partial charge on any atom is -0.477 e. The third-order valence-electron chi connectivity index (χ3n) is 4.60. The van der Waals surface area contributed by atoms with Gasteiger partial charge in [0.15, 0.2) is 0 Å². The average Bonchev–Trinajstić information content (AvgIpc) is 2.68. The molecule has 26 heavy (non-hydrogen) atoms. The summed E-state index contributed by atoms with van der Waals surface area (Å²) < 4.78 is 6.70. The molecule has 0 bridgehead atoms. The third-order valence-corrected chi connectivity index (χ3v) is 5.37. The van der Waals surface area contributed by atoms with Crippen molar-refractivity contribution in [2.75, 3.05) is 19.7 Å². The molecule has 1 amide bonds. The highest BCUT2D eigenvalue weighted by Crippen LogP contribution is 2.21. The molecule has 2 aromatic rings. The van der Waals surface area contributed by atoms with Crippen LogP contribution in [0.1, 0.15) is 24.0 Å². The molecule has 0 saturated carbocycles. The summed E-state index contributed by atoms with van der Waals surface area (Å²) in [6.45, 7) is 2.07. The smallest absolute Gasteiger partial charge is 0.227 e. The summed E-state index contributed by atoms with van der Waals surface area (Å²) in [6.07, 6.45) is 3.84. The topological polar surface area (TPSA) is 66.2 Å². The molecule has 1 saturated heterocycles. The van der Waals surface area contributed by atoms with Crippen LogP contribution < -0.4 is 4.74 Å². The lowest BCUT2D eigenvalue weighted by Gasteiger charge is -2.32. The lowest BCUT2D eigenvalue weighted by Crippen LogP contribution is -2.40. The second-order valence-electron chi connectivity index (χ2n) is 6.40. The molecular weight excluding hydrogens is 394 g/mol. The number of rotatable bonds is 5. The third kappa shape index (κ3) is 4.83. The standard InChI is InChI=1S/C20H20BrN3O2/c21-18-4-2-1-3-17(18)12-20(25)24-9-6-15(7-10-24)14-26-19-11-16(13-22)5-8-23-19/h1-5,8,11,15H,6-7,9-10,12,14H2. The number of likely N-dealkylation sites (tertiary alicyclic amines) is 1. The Balaban J connectivity index is 1.46. The van der Waals surface area contributed by atoms with Crippen molar-refractivity contribution in [3.63, 3.8) is 0 Å². The molecular formula is C20H20BrN3O2. The second-order valence-corrected chi connectivity index (χ2v) is 7.25. The van der Waals surface area contributed by atoms with E-state index in [1.54, 1.807) is 18.3 Å². The molecule has 0 radical (unpaired) electrons. The zero-order valence-electron chi connectivity index (χ0n) is 14.4. The van der Waals surface area contributed by atoms with Crippen LogP contribution in [0.2, 0.25) is 0 Å². The molecule has 134 valence electrons. The first-order valence-electron chi connectivity index (χ1n) is 8.66. The largest absolute Gasteiger partial charge is 0.477 e. The SMILES string of the molecule is N#Cc1ccnc(OCC2CCN(C(=O)Cc3ccccc3Br)CC2)c1. The molecule has 0 aliphatic carbocycles. The number of hydrogen-bond donors (Lipinski definition) is 0. The van der Waals surface area contributed by atoms with E-state index in [9.17, 15) is 4.79 Å². The Morgan fingerprint density at radius 1 is 1.31 bits per heavy atom. The van der Waals surface area contributed by atoms with E-state index in [-0.39, 0.29) is 5.91 Å². The highest BCUT2D eigenvalue weighted by Gasteiger charge is 2.23. The molecule has 1 aliphatic heterocycles. The van der Waals surface area contributed by atoms with E-state index in [0.717, 1.165) is 36.0 Å². The van der Waals surface area contributed by atoms with Crippen LogP contribution in [0.15, 0.2) is 47.1 Å². The second kappa shape index (κ2) is 8.81. The predicted octanol–water partition coefficient (Wildman–Crippen LogP) is 3.58. The molecule has 0 spiro atoms. The minimum absolute atomic E-state index is 0.166. The number of benzene rings is 1. The number of piperidine rings is 1. The summed E-state index contributed by atoms with van der Waals surface area (Å²) in [6, 6.07) is 13.2. The first kappa shape index (κ1) is 18.4. The van der Waals surface area contributed by atoms with Crippen LogP contribution >= 0.6 is 15.9 Å². The quantitative estimate of drug-likeness (QED) is 0.750. The highest BCUT2D eigenvalue weighted by atomic mass is 79.9. The lowest BCUT2D eigenvalue weighted by atomic mass is 9.97. The maximum absolute atomic E-state index is 12.5. The average molecular weight is 414 g/mol. The van der Waals surface area contributed by atoms with Gasteiger partial charge in [0.25, 0.3) is 0 Å². The monoisotopic (exact) mass is 413 g/mol. The van der Waals surface area contributed by atoms with Crippen molar-refractivity contribution in [2.45, 2.75) is 19.3 Å². The van der Waals surface area contributed by atoms with Crippen LogP contribution in [0, 0.1) is 17.2 Å². The van der Waals surface area contributed by atoms with Crippen LogP contribution in [0.3, 0.4) is 0 Å². The maximum Gasteiger partial charge on any atom is 0.227 e. The molecule has 0 atom stereocenters. The van der Waals surface area contributed by atoms with Gasteiger partial charge < -0.3 is 9.64 Å². The van der Waals surface area contributed by atoms with Gasteiger partial charge in [-0.3, -0.25) is 4.79 Å². The lowest BCUT2D eigenvalue weighted by molar-refractivity contribution is -0.132. The van der Waals surface area contributed by atoms with Crippen LogP contribution in [0.5, 0.6) is 5.88 Å². The zero-order chi connectivity index (χ0) is 18.4. The molecule has 0 unspecified atom stereocenters. The number of aromatic nitrogens is 1. The van der Waals surface area contributed by atoms with Gasteiger partial charge in [-0.05, 0) is 36.5 Å². The molecule has 1 aliphatic rings. The first-order chi connectivity index (χ1) is 12.7. The normalized spacial score (nSPS) is 14.7. The van der Waals surface area contributed by atoms with Crippen molar-refractivity contribution in [1.82, 2.24) is 9.88 Å². The van der Waals surface area contributed by atoms with Gasteiger partial charge >= 0.3 is 0 Å². The van der Waals surface area contributed by atoms with Gasteiger partial charge in [0, 0.05) is 29.8 Å². The van der Waals surface area contributed by atoms with E-state index in [1.807, 2.05) is 29.2 Å². The molecule has 5 nitrogen and oxygen atoms in total. The number of pyridine rings is 1. The van der Waals surface area contributed by atoms with Crippen molar-refractivity contribution in [3.05, 3.63) is 58.2 Å².